The van der Waals surface area contributed by atoms with Gasteiger partial charge < -0.3 is 14.4 Å². The van der Waals surface area contributed by atoms with Crippen LogP contribution in [0.15, 0.2) is 78.9 Å². The van der Waals surface area contributed by atoms with Crippen LogP contribution in [0, 0.1) is 0 Å². The van der Waals surface area contributed by atoms with Gasteiger partial charge in [0.05, 0.1) is 0 Å². The molecule has 1 amide bonds. The van der Waals surface area contributed by atoms with Gasteiger partial charge in [-0.05, 0) is 55.8 Å². The molecule has 6 heteroatoms. The summed E-state index contributed by atoms with van der Waals surface area (Å²) in [5, 5.41) is 0.642. The molecule has 3 rings (SSSR count). The van der Waals surface area contributed by atoms with Crippen LogP contribution in [0.2, 0.25) is 5.02 Å². The molecule has 0 atom stereocenters. The van der Waals surface area contributed by atoms with Crippen LogP contribution < -0.4 is 9.64 Å². The van der Waals surface area contributed by atoms with E-state index in [1.807, 2.05) is 56.3 Å². The van der Waals surface area contributed by atoms with Gasteiger partial charge in [0, 0.05) is 16.8 Å². The van der Waals surface area contributed by atoms with E-state index in [-0.39, 0.29) is 30.7 Å². The lowest BCUT2D eigenvalue weighted by Crippen LogP contribution is -2.39. The second kappa shape index (κ2) is 10.6. The van der Waals surface area contributed by atoms with Crippen LogP contribution in [0.25, 0.3) is 0 Å². The second-order valence-electron chi connectivity index (χ2n) is 7.18. The number of amides is 1. The smallest absolute Gasteiger partial charge is 0.342 e. The fourth-order valence-electron chi connectivity index (χ4n) is 3.10. The Bertz CT molecular complexity index is 1020. The topological polar surface area (TPSA) is 55.8 Å². The molecule has 0 aliphatic carbocycles. The summed E-state index contributed by atoms with van der Waals surface area (Å²) in [6.45, 7) is 3.73. The highest BCUT2D eigenvalue weighted by atomic mass is 35.5. The molecule has 0 saturated carbocycles. The standard InChI is InChI=1S/C25H24ClNO4/c1-18(2)27(21-8-4-3-5-9-21)24(28)17-31-25(29)22-10-6-7-11-23(22)30-16-19-12-14-20(26)15-13-19/h3-15,18H,16-17H2,1-2H3. The molecule has 0 N–H and O–H groups in total. The highest BCUT2D eigenvalue weighted by Gasteiger charge is 2.22. The maximum absolute atomic E-state index is 12.8. The number of nitrogens with zero attached hydrogens (tertiary/aromatic N) is 1. The second-order valence-corrected chi connectivity index (χ2v) is 7.62. The van der Waals surface area contributed by atoms with Crippen molar-refractivity contribution in [2.45, 2.75) is 26.5 Å². The molecular formula is C25H24ClNO4. The van der Waals surface area contributed by atoms with E-state index in [1.54, 1.807) is 41.3 Å². The predicted octanol–water partition coefficient (Wildman–Crippen LogP) is 5.52. The average Bonchev–Trinajstić information content (AvgIpc) is 2.78. The molecule has 3 aromatic rings. The van der Waals surface area contributed by atoms with Gasteiger partial charge in [0.2, 0.25) is 0 Å². The minimum Gasteiger partial charge on any atom is -0.488 e. The zero-order valence-corrected chi connectivity index (χ0v) is 18.2. The van der Waals surface area contributed by atoms with E-state index < -0.39 is 5.97 Å². The molecule has 0 aromatic heterocycles. The first-order valence-electron chi connectivity index (χ1n) is 9.96. The third kappa shape index (κ3) is 6.09. The predicted molar refractivity (Wildman–Crippen MR) is 122 cm³/mol. The molecule has 0 bridgehead atoms. The first kappa shape index (κ1) is 22.4. The molecule has 31 heavy (non-hydrogen) atoms. The largest absolute Gasteiger partial charge is 0.488 e. The number of halogens is 1. The van der Waals surface area contributed by atoms with E-state index in [4.69, 9.17) is 21.1 Å². The van der Waals surface area contributed by atoms with E-state index in [0.29, 0.717) is 10.8 Å². The first-order valence-corrected chi connectivity index (χ1v) is 10.3. The van der Waals surface area contributed by atoms with Gasteiger partial charge in [-0.1, -0.05) is 54.1 Å². The van der Waals surface area contributed by atoms with Gasteiger partial charge in [0.15, 0.2) is 6.61 Å². The maximum atomic E-state index is 12.8. The normalized spacial score (nSPS) is 10.6. The van der Waals surface area contributed by atoms with Crippen molar-refractivity contribution in [3.05, 3.63) is 95.0 Å². The Labute approximate surface area is 187 Å². The summed E-state index contributed by atoms with van der Waals surface area (Å²) in [6, 6.07) is 23.3. The molecule has 0 fully saturated rings. The average molecular weight is 438 g/mol. The van der Waals surface area contributed by atoms with Crippen LogP contribution in [0.5, 0.6) is 5.75 Å². The van der Waals surface area contributed by atoms with E-state index in [1.165, 1.54) is 0 Å². The Hall–Kier alpha value is -3.31. The van der Waals surface area contributed by atoms with Crippen molar-refractivity contribution in [2.24, 2.45) is 0 Å². The molecule has 0 radical (unpaired) electrons. The van der Waals surface area contributed by atoms with Crippen LogP contribution >= 0.6 is 11.6 Å². The van der Waals surface area contributed by atoms with Gasteiger partial charge in [-0.25, -0.2) is 4.79 Å². The number of rotatable bonds is 8. The molecule has 0 spiro atoms. The SMILES string of the molecule is CC(C)N(C(=O)COC(=O)c1ccccc1OCc1ccc(Cl)cc1)c1ccccc1. The van der Waals surface area contributed by atoms with E-state index >= 15 is 0 Å². The Morgan fingerprint density at radius 1 is 0.903 bits per heavy atom. The fourth-order valence-corrected chi connectivity index (χ4v) is 3.22. The van der Waals surface area contributed by atoms with Crippen LogP contribution in [-0.2, 0) is 16.1 Å². The zero-order valence-electron chi connectivity index (χ0n) is 17.5. The number of hydrogen-bond donors (Lipinski definition) is 0. The van der Waals surface area contributed by atoms with E-state index in [0.717, 1.165) is 11.3 Å². The number of esters is 1. The van der Waals surface area contributed by atoms with Crippen molar-refractivity contribution in [3.63, 3.8) is 0 Å². The van der Waals surface area contributed by atoms with Gasteiger partial charge in [-0.3, -0.25) is 4.79 Å². The van der Waals surface area contributed by atoms with Crippen molar-refractivity contribution in [1.82, 2.24) is 0 Å². The molecule has 3 aromatic carbocycles. The number of carbonyl (C=O) groups is 2. The minimum absolute atomic E-state index is 0.0800. The summed E-state index contributed by atoms with van der Waals surface area (Å²) < 4.78 is 11.1. The maximum Gasteiger partial charge on any atom is 0.342 e. The Morgan fingerprint density at radius 2 is 1.55 bits per heavy atom. The summed E-state index contributed by atoms with van der Waals surface area (Å²) >= 11 is 5.90. The summed E-state index contributed by atoms with van der Waals surface area (Å²) in [5.74, 6) is -0.524. The van der Waals surface area contributed by atoms with Gasteiger partial charge >= 0.3 is 5.97 Å². The van der Waals surface area contributed by atoms with Crippen LogP contribution in [0.3, 0.4) is 0 Å². The molecule has 0 aliphatic heterocycles. The lowest BCUT2D eigenvalue weighted by atomic mass is 10.2. The highest BCUT2D eigenvalue weighted by molar-refractivity contribution is 6.30. The first-order chi connectivity index (χ1) is 15.0. The van der Waals surface area contributed by atoms with Gasteiger partial charge in [-0.15, -0.1) is 0 Å². The molecule has 160 valence electrons. The molecule has 0 heterocycles. The van der Waals surface area contributed by atoms with Gasteiger partial charge in [-0.2, -0.15) is 0 Å². The van der Waals surface area contributed by atoms with Crippen molar-refractivity contribution in [3.8, 4) is 5.75 Å². The number of anilines is 1. The Kier molecular flexibility index (Phi) is 7.68. The summed E-state index contributed by atoms with van der Waals surface area (Å²) in [7, 11) is 0. The lowest BCUT2D eigenvalue weighted by Gasteiger charge is -2.26. The molecule has 0 unspecified atom stereocenters. The molecular weight excluding hydrogens is 414 g/mol. The van der Waals surface area contributed by atoms with Crippen LogP contribution in [0.4, 0.5) is 5.69 Å². The number of carbonyl (C=O) groups excluding carboxylic acids is 2. The van der Waals surface area contributed by atoms with Crippen molar-refractivity contribution in [1.29, 1.82) is 0 Å². The van der Waals surface area contributed by atoms with Crippen molar-refractivity contribution >= 4 is 29.2 Å². The summed E-state index contributed by atoms with van der Waals surface area (Å²) in [6.07, 6.45) is 0. The van der Waals surface area contributed by atoms with Gasteiger partial charge in [0.1, 0.15) is 17.9 Å². The third-order valence-corrected chi connectivity index (χ3v) is 4.81. The molecule has 0 saturated heterocycles. The number of hydrogen-bond acceptors (Lipinski definition) is 4. The van der Waals surface area contributed by atoms with Crippen molar-refractivity contribution < 1.29 is 19.1 Å². The third-order valence-electron chi connectivity index (χ3n) is 4.56. The Balaban J connectivity index is 1.65. The molecule has 0 aliphatic rings. The minimum atomic E-state index is -0.614. The zero-order chi connectivity index (χ0) is 22.2. The quantitative estimate of drug-likeness (QED) is 0.435. The number of ether oxygens (including phenoxy) is 2. The molecule has 5 nitrogen and oxygen atoms in total. The fraction of sp³-hybridized carbons (Fsp3) is 0.200. The summed E-state index contributed by atoms with van der Waals surface area (Å²) in [4.78, 5) is 27.0. The highest BCUT2D eigenvalue weighted by Crippen LogP contribution is 2.22. The number of benzene rings is 3. The monoisotopic (exact) mass is 437 g/mol. The Morgan fingerprint density at radius 3 is 2.23 bits per heavy atom. The lowest BCUT2D eigenvalue weighted by molar-refractivity contribution is -0.122. The summed E-state index contributed by atoms with van der Waals surface area (Å²) in [5.41, 5.74) is 1.93. The van der Waals surface area contributed by atoms with Gasteiger partial charge in [0.25, 0.3) is 5.91 Å². The van der Waals surface area contributed by atoms with Crippen LogP contribution in [-0.4, -0.2) is 24.5 Å². The van der Waals surface area contributed by atoms with E-state index in [2.05, 4.69) is 0 Å². The van der Waals surface area contributed by atoms with Crippen molar-refractivity contribution in [2.75, 3.05) is 11.5 Å². The van der Waals surface area contributed by atoms with E-state index in [9.17, 15) is 9.59 Å². The van der Waals surface area contributed by atoms with Crippen LogP contribution in [0.1, 0.15) is 29.8 Å². The number of para-hydroxylation sites is 2.